The maximum absolute atomic E-state index is 14.3. The van der Waals surface area contributed by atoms with Crippen LogP contribution in [0.3, 0.4) is 0 Å². The number of hydrogen-bond acceptors (Lipinski definition) is 2. The lowest BCUT2D eigenvalue weighted by atomic mass is 9.77. The van der Waals surface area contributed by atoms with E-state index in [2.05, 4.69) is 0 Å². The Hall–Kier alpha value is -1.91. The molecule has 118 valence electrons. The Morgan fingerprint density at radius 1 is 1.09 bits per heavy atom. The molecule has 1 aromatic rings. The van der Waals surface area contributed by atoms with Gasteiger partial charge in [0.1, 0.15) is 0 Å². The number of rotatable bonds is 3. The number of carbonyl (C=O) groups is 2. The lowest BCUT2D eigenvalue weighted by Gasteiger charge is -2.33. The van der Waals surface area contributed by atoms with Crippen molar-refractivity contribution in [3.8, 4) is 0 Å². The average molecular weight is 305 g/mol. The maximum Gasteiger partial charge on any atom is 0.343 e. The number of nitrogens with zero attached hydrogens (tertiary/aromatic N) is 1. The second kappa shape index (κ2) is 5.38. The van der Waals surface area contributed by atoms with Crippen molar-refractivity contribution < 1.29 is 19.1 Å². The van der Waals surface area contributed by atoms with E-state index in [0.29, 0.717) is 0 Å². The number of halogens is 1. The Morgan fingerprint density at radius 3 is 2.27 bits per heavy atom. The molecular formula is C17H20FNO3. The van der Waals surface area contributed by atoms with Gasteiger partial charge in [0.2, 0.25) is 11.6 Å². The van der Waals surface area contributed by atoms with Crippen LogP contribution in [-0.2, 0) is 15.0 Å². The fourth-order valence-electron chi connectivity index (χ4n) is 3.79. The number of carboxylic acids is 1. The first kappa shape index (κ1) is 15.0. The average Bonchev–Trinajstić information content (AvgIpc) is 3.16. The molecule has 1 amide bonds. The highest BCUT2D eigenvalue weighted by Crippen LogP contribution is 2.43. The van der Waals surface area contributed by atoms with E-state index in [1.165, 1.54) is 4.90 Å². The van der Waals surface area contributed by atoms with Gasteiger partial charge in [-0.1, -0.05) is 43.2 Å². The monoisotopic (exact) mass is 305 g/mol. The molecule has 0 radical (unpaired) electrons. The molecule has 0 bridgehead atoms. The first-order chi connectivity index (χ1) is 10.5. The molecule has 1 unspecified atom stereocenters. The zero-order chi connectivity index (χ0) is 15.8. The maximum atomic E-state index is 14.3. The normalized spacial score (nSPS) is 27.0. The van der Waals surface area contributed by atoms with Crippen LogP contribution in [0.5, 0.6) is 0 Å². The molecule has 4 nitrogen and oxygen atoms in total. The summed E-state index contributed by atoms with van der Waals surface area (Å²) < 4.78 is 14.3. The highest BCUT2D eigenvalue weighted by Gasteiger charge is 2.52. The number of amides is 1. The molecule has 22 heavy (non-hydrogen) atoms. The Balaban J connectivity index is 1.88. The van der Waals surface area contributed by atoms with E-state index >= 15 is 0 Å². The first-order valence-corrected chi connectivity index (χ1v) is 7.75. The standard InChI is InChI=1S/C17H20FNO3/c18-17(15(21)22)10-11-19(12-17)14(20)16(8-4-5-9-16)13-6-2-1-3-7-13/h1-3,6-7H,4-5,8-12H2,(H,21,22). The SMILES string of the molecule is O=C(O)C1(F)CCN(C(=O)C2(c3ccccc3)CCCC2)C1. The molecule has 1 saturated carbocycles. The van der Waals surface area contributed by atoms with Crippen molar-refractivity contribution in [3.05, 3.63) is 35.9 Å². The van der Waals surface area contributed by atoms with E-state index in [4.69, 9.17) is 5.11 Å². The van der Waals surface area contributed by atoms with Crippen LogP contribution in [0.1, 0.15) is 37.7 Å². The Bertz CT molecular complexity index is 583. The molecule has 2 aliphatic rings. The van der Waals surface area contributed by atoms with Gasteiger partial charge in [0.15, 0.2) is 0 Å². The predicted molar refractivity (Wildman–Crippen MR) is 79.3 cm³/mol. The zero-order valence-corrected chi connectivity index (χ0v) is 12.4. The lowest BCUT2D eigenvalue weighted by Crippen LogP contribution is -2.46. The van der Waals surface area contributed by atoms with Gasteiger partial charge in [-0.15, -0.1) is 0 Å². The second-order valence-electron chi connectivity index (χ2n) is 6.40. The van der Waals surface area contributed by atoms with E-state index in [9.17, 15) is 14.0 Å². The topological polar surface area (TPSA) is 57.6 Å². The van der Waals surface area contributed by atoms with Crippen LogP contribution in [0, 0.1) is 0 Å². The van der Waals surface area contributed by atoms with Gasteiger partial charge in [0.05, 0.1) is 12.0 Å². The van der Waals surface area contributed by atoms with Crippen LogP contribution in [0.2, 0.25) is 0 Å². The largest absolute Gasteiger partial charge is 0.479 e. The summed E-state index contributed by atoms with van der Waals surface area (Å²) in [5.41, 5.74) is -1.94. The summed E-state index contributed by atoms with van der Waals surface area (Å²) in [5.74, 6) is -1.58. The van der Waals surface area contributed by atoms with Crippen LogP contribution < -0.4 is 0 Å². The van der Waals surface area contributed by atoms with E-state index in [1.54, 1.807) is 0 Å². The van der Waals surface area contributed by atoms with Crippen LogP contribution in [0.15, 0.2) is 30.3 Å². The number of carbonyl (C=O) groups excluding carboxylic acids is 1. The Labute approximate surface area is 128 Å². The highest BCUT2D eigenvalue weighted by molar-refractivity contribution is 5.90. The van der Waals surface area contributed by atoms with Gasteiger partial charge in [-0.25, -0.2) is 9.18 Å². The molecule has 3 rings (SSSR count). The molecular weight excluding hydrogens is 285 g/mol. The van der Waals surface area contributed by atoms with Gasteiger partial charge in [-0.05, 0) is 18.4 Å². The van der Waals surface area contributed by atoms with Crippen molar-refractivity contribution >= 4 is 11.9 Å². The molecule has 1 heterocycles. The fraction of sp³-hybridized carbons (Fsp3) is 0.529. The number of carboxylic acid groups (broad SMARTS) is 1. The van der Waals surface area contributed by atoms with Gasteiger partial charge in [-0.2, -0.15) is 0 Å². The van der Waals surface area contributed by atoms with Crippen molar-refractivity contribution in [2.75, 3.05) is 13.1 Å². The number of aliphatic carboxylic acids is 1. The number of alkyl halides is 1. The molecule has 2 fully saturated rings. The van der Waals surface area contributed by atoms with E-state index in [-0.39, 0.29) is 25.4 Å². The predicted octanol–water partition coefficient (Wildman–Crippen LogP) is 2.52. The minimum Gasteiger partial charge on any atom is -0.479 e. The van der Waals surface area contributed by atoms with Crippen LogP contribution in [0.4, 0.5) is 4.39 Å². The van der Waals surface area contributed by atoms with Crippen molar-refractivity contribution in [1.82, 2.24) is 4.90 Å². The minimum atomic E-state index is -2.30. The molecule has 1 aliphatic heterocycles. The third-order valence-corrected chi connectivity index (χ3v) is 5.08. The second-order valence-corrected chi connectivity index (χ2v) is 6.40. The molecule has 5 heteroatoms. The van der Waals surface area contributed by atoms with Gasteiger partial charge >= 0.3 is 5.97 Å². The number of hydrogen-bond donors (Lipinski definition) is 1. The van der Waals surface area contributed by atoms with Crippen molar-refractivity contribution in [1.29, 1.82) is 0 Å². The molecule has 1 aliphatic carbocycles. The molecule has 1 N–H and O–H groups in total. The third-order valence-electron chi connectivity index (χ3n) is 5.08. The third kappa shape index (κ3) is 2.28. The van der Waals surface area contributed by atoms with Gasteiger partial charge in [-0.3, -0.25) is 4.79 Å². The highest BCUT2D eigenvalue weighted by atomic mass is 19.1. The first-order valence-electron chi connectivity index (χ1n) is 7.75. The van der Waals surface area contributed by atoms with Crippen LogP contribution in [0.25, 0.3) is 0 Å². The van der Waals surface area contributed by atoms with Crippen molar-refractivity contribution in [2.45, 2.75) is 43.2 Å². The van der Waals surface area contributed by atoms with E-state index < -0.39 is 17.1 Å². The summed E-state index contributed by atoms with van der Waals surface area (Å²) in [6, 6.07) is 9.61. The van der Waals surface area contributed by atoms with E-state index in [1.807, 2.05) is 30.3 Å². The summed E-state index contributed by atoms with van der Waals surface area (Å²) in [5, 5.41) is 9.01. The summed E-state index contributed by atoms with van der Waals surface area (Å²) in [6.07, 6.45) is 3.30. The van der Waals surface area contributed by atoms with Crippen molar-refractivity contribution in [2.24, 2.45) is 0 Å². The summed E-state index contributed by atoms with van der Waals surface area (Å²) >= 11 is 0. The smallest absolute Gasteiger partial charge is 0.343 e. The summed E-state index contributed by atoms with van der Waals surface area (Å²) in [6.45, 7) is -0.161. The molecule has 1 aromatic carbocycles. The molecule has 1 saturated heterocycles. The lowest BCUT2D eigenvalue weighted by molar-refractivity contribution is -0.150. The quantitative estimate of drug-likeness (QED) is 0.933. The Morgan fingerprint density at radius 2 is 1.73 bits per heavy atom. The van der Waals surface area contributed by atoms with Gasteiger partial charge in [0.25, 0.3) is 0 Å². The van der Waals surface area contributed by atoms with Gasteiger partial charge < -0.3 is 10.0 Å². The van der Waals surface area contributed by atoms with Crippen LogP contribution in [-0.4, -0.2) is 40.6 Å². The summed E-state index contributed by atoms with van der Waals surface area (Å²) in [4.78, 5) is 25.5. The Kier molecular flexibility index (Phi) is 3.67. The zero-order valence-electron chi connectivity index (χ0n) is 12.4. The minimum absolute atomic E-state index is 0.114. The number of likely N-dealkylation sites (tertiary alicyclic amines) is 1. The van der Waals surface area contributed by atoms with E-state index in [0.717, 1.165) is 31.2 Å². The summed E-state index contributed by atoms with van der Waals surface area (Å²) in [7, 11) is 0. The molecule has 1 atom stereocenters. The molecule has 0 aromatic heterocycles. The number of benzene rings is 1. The van der Waals surface area contributed by atoms with Crippen molar-refractivity contribution in [3.63, 3.8) is 0 Å². The molecule has 0 spiro atoms. The van der Waals surface area contributed by atoms with Crippen LogP contribution >= 0.6 is 0 Å². The fourth-order valence-corrected chi connectivity index (χ4v) is 3.79. The van der Waals surface area contributed by atoms with Gasteiger partial charge in [0, 0.05) is 13.0 Å².